The summed E-state index contributed by atoms with van der Waals surface area (Å²) in [6.07, 6.45) is 3.35. The van der Waals surface area contributed by atoms with Gasteiger partial charge in [-0.1, -0.05) is 29.8 Å². The van der Waals surface area contributed by atoms with Gasteiger partial charge in [-0.25, -0.2) is 0 Å². The number of rotatable bonds is 6. The van der Waals surface area contributed by atoms with Crippen molar-refractivity contribution < 1.29 is 0 Å². The Morgan fingerprint density at radius 2 is 1.84 bits per heavy atom. The fourth-order valence-corrected chi connectivity index (χ4v) is 2.22. The molecule has 0 spiro atoms. The van der Waals surface area contributed by atoms with E-state index in [-0.39, 0.29) is 0 Å². The summed E-state index contributed by atoms with van der Waals surface area (Å²) in [5, 5.41) is 4.14. The number of benzene rings is 2. The lowest BCUT2D eigenvalue weighted by atomic mass is 10.1. The summed E-state index contributed by atoms with van der Waals surface area (Å²) in [5.41, 5.74) is 8.98. The topological polar surface area (TPSA) is 38.0 Å². The quantitative estimate of drug-likeness (QED) is 0.607. The van der Waals surface area contributed by atoms with Gasteiger partial charge >= 0.3 is 0 Å². The Hall–Kier alpha value is -1.67. The molecule has 0 radical (unpaired) electrons. The predicted molar refractivity (Wildman–Crippen MR) is 83.7 cm³/mol. The van der Waals surface area contributed by atoms with Gasteiger partial charge in [0, 0.05) is 22.9 Å². The molecule has 2 nitrogen and oxygen atoms in total. The van der Waals surface area contributed by atoms with E-state index < -0.39 is 0 Å². The molecule has 0 aliphatic carbocycles. The molecule has 0 saturated heterocycles. The summed E-state index contributed by atoms with van der Waals surface area (Å²) in [5.74, 6) is 0. The van der Waals surface area contributed by atoms with Crippen LogP contribution in [-0.4, -0.2) is 6.54 Å². The maximum Gasteiger partial charge on any atom is 0.0426 e. The van der Waals surface area contributed by atoms with Crippen molar-refractivity contribution in [1.82, 2.24) is 0 Å². The first-order valence-electron chi connectivity index (χ1n) is 6.58. The maximum atomic E-state index is 5.93. The summed E-state index contributed by atoms with van der Waals surface area (Å²) in [4.78, 5) is 0. The fourth-order valence-electron chi connectivity index (χ4n) is 2.03. The largest absolute Gasteiger partial charge is 0.399 e. The third-order valence-electron chi connectivity index (χ3n) is 3.00. The Morgan fingerprint density at radius 1 is 1.00 bits per heavy atom. The highest BCUT2D eigenvalue weighted by atomic mass is 35.5. The van der Waals surface area contributed by atoms with E-state index in [1.54, 1.807) is 0 Å². The molecule has 0 heterocycles. The standard InChI is InChI=1S/C16H19ClN2/c17-14-7-4-9-16(12-14)19-10-2-1-5-13-6-3-8-15(18)11-13/h3-4,6-9,11-12,19H,1-2,5,10,18H2. The Bertz CT molecular complexity index is 478. The molecule has 0 aliphatic rings. The van der Waals surface area contributed by atoms with E-state index >= 15 is 0 Å². The summed E-state index contributed by atoms with van der Waals surface area (Å²) in [6, 6.07) is 15.9. The van der Waals surface area contributed by atoms with Gasteiger partial charge < -0.3 is 11.1 Å². The minimum atomic E-state index is 0.768. The van der Waals surface area contributed by atoms with Crippen molar-refractivity contribution >= 4 is 23.0 Å². The molecule has 0 atom stereocenters. The Kier molecular flexibility index (Phi) is 5.10. The van der Waals surface area contributed by atoms with Gasteiger partial charge in [-0.3, -0.25) is 0 Å². The van der Waals surface area contributed by atoms with E-state index in [9.17, 15) is 0 Å². The van der Waals surface area contributed by atoms with Crippen molar-refractivity contribution in [2.24, 2.45) is 0 Å². The lowest BCUT2D eigenvalue weighted by Crippen LogP contribution is -2.02. The van der Waals surface area contributed by atoms with E-state index in [2.05, 4.69) is 11.4 Å². The lowest BCUT2D eigenvalue weighted by Gasteiger charge is -2.07. The first-order valence-corrected chi connectivity index (χ1v) is 6.96. The first kappa shape index (κ1) is 13.8. The monoisotopic (exact) mass is 274 g/mol. The molecular formula is C16H19ClN2. The van der Waals surface area contributed by atoms with Gasteiger partial charge in [-0.2, -0.15) is 0 Å². The summed E-state index contributed by atoms with van der Waals surface area (Å²) < 4.78 is 0. The van der Waals surface area contributed by atoms with Crippen LogP contribution in [0.2, 0.25) is 5.02 Å². The molecule has 3 heteroatoms. The van der Waals surface area contributed by atoms with Crippen LogP contribution in [0.15, 0.2) is 48.5 Å². The minimum Gasteiger partial charge on any atom is -0.399 e. The Balaban J connectivity index is 1.67. The summed E-state index contributed by atoms with van der Waals surface area (Å²) >= 11 is 5.93. The molecule has 0 bridgehead atoms. The van der Waals surface area contributed by atoms with Gasteiger partial charge in [0.15, 0.2) is 0 Å². The molecule has 0 aromatic heterocycles. The summed E-state index contributed by atoms with van der Waals surface area (Å²) in [7, 11) is 0. The number of halogens is 1. The number of anilines is 2. The number of unbranched alkanes of at least 4 members (excludes halogenated alkanes) is 1. The van der Waals surface area contributed by atoms with Gasteiger partial charge in [0.1, 0.15) is 0 Å². The average Bonchev–Trinajstić information content (AvgIpc) is 2.38. The minimum absolute atomic E-state index is 0.768. The highest BCUT2D eigenvalue weighted by molar-refractivity contribution is 6.30. The molecule has 2 aromatic rings. The average molecular weight is 275 g/mol. The van der Waals surface area contributed by atoms with E-state index in [1.807, 2.05) is 42.5 Å². The molecule has 2 rings (SSSR count). The van der Waals surface area contributed by atoms with Crippen LogP contribution >= 0.6 is 11.6 Å². The second-order valence-electron chi connectivity index (χ2n) is 4.64. The van der Waals surface area contributed by atoms with Crippen molar-refractivity contribution in [3.63, 3.8) is 0 Å². The Morgan fingerprint density at radius 3 is 2.63 bits per heavy atom. The van der Waals surface area contributed by atoms with Crippen molar-refractivity contribution in [3.8, 4) is 0 Å². The third-order valence-corrected chi connectivity index (χ3v) is 3.23. The molecule has 0 amide bonds. The number of nitrogens with one attached hydrogen (secondary N) is 1. The zero-order valence-electron chi connectivity index (χ0n) is 10.9. The second-order valence-corrected chi connectivity index (χ2v) is 5.08. The lowest BCUT2D eigenvalue weighted by molar-refractivity contribution is 0.763. The van der Waals surface area contributed by atoms with Crippen LogP contribution in [0, 0.1) is 0 Å². The van der Waals surface area contributed by atoms with Gasteiger partial charge in [0.05, 0.1) is 0 Å². The SMILES string of the molecule is Nc1cccc(CCCCNc2cccc(Cl)c2)c1. The molecule has 100 valence electrons. The van der Waals surface area contributed by atoms with Gasteiger partial charge in [0.25, 0.3) is 0 Å². The first-order chi connectivity index (χ1) is 9.24. The van der Waals surface area contributed by atoms with E-state index in [4.69, 9.17) is 17.3 Å². The number of nitrogen functional groups attached to an aromatic ring is 1. The second kappa shape index (κ2) is 7.05. The van der Waals surface area contributed by atoms with Crippen molar-refractivity contribution in [1.29, 1.82) is 0 Å². The van der Waals surface area contributed by atoms with Crippen molar-refractivity contribution in [2.45, 2.75) is 19.3 Å². The fraction of sp³-hybridized carbons (Fsp3) is 0.250. The van der Waals surface area contributed by atoms with E-state index in [0.717, 1.165) is 42.2 Å². The number of aryl methyl sites for hydroxylation is 1. The molecule has 3 N–H and O–H groups in total. The highest BCUT2D eigenvalue weighted by Crippen LogP contribution is 2.15. The number of hydrogen-bond acceptors (Lipinski definition) is 2. The number of hydrogen-bond donors (Lipinski definition) is 2. The molecule has 0 aliphatic heterocycles. The maximum absolute atomic E-state index is 5.93. The van der Waals surface area contributed by atoms with E-state index in [1.165, 1.54) is 5.56 Å². The summed E-state index contributed by atoms with van der Waals surface area (Å²) in [6.45, 7) is 0.961. The van der Waals surface area contributed by atoms with Crippen molar-refractivity contribution in [2.75, 3.05) is 17.6 Å². The molecule has 0 unspecified atom stereocenters. The predicted octanol–water partition coefficient (Wildman–Crippen LogP) is 4.36. The van der Waals surface area contributed by atoms with Crippen LogP contribution in [0.3, 0.4) is 0 Å². The zero-order valence-corrected chi connectivity index (χ0v) is 11.7. The third kappa shape index (κ3) is 4.84. The van der Waals surface area contributed by atoms with Gasteiger partial charge in [-0.15, -0.1) is 0 Å². The van der Waals surface area contributed by atoms with Crippen LogP contribution in [-0.2, 0) is 6.42 Å². The molecular weight excluding hydrogens is 256 g/mol. The van der Waals surface area contributed by atoms with Crippen LogP contribution in [0.1, 0.15) is 18.4 Å². The highest BCUT2D eigenvalue weighted by Gasteiger charge is 1.96. The van der Waals surface area contributed by atoms with Crippen LogP contribution in [0.4, 0.5) is 11.4 Å². The van der Waals surface area contributed by atoms with Crippen molar-refractivity contribution in [3.05, 3.63) is 59.1 Å². The van der Waals surface area contributed by atoms with Crippen LogP contribution < -0.4 is 11.1 Å². The molecule has 0 saturated carbocycles. The smallest absolute Gasteiger partial charge is 0.0426 e. The van der Waals surface area contributed by atoms with E-state index in [0.29, 0.717) is 0 Å². The molecule has 2 aromatic carbocycles. The zero-order chi connectivity index (χ0) is 13.5. The van der Waals surface area contributed by atoms with Crippen LogP contribution in [0.5, 0.6) is 0 Å². The van der Waals surface area contributed by atoms with Crippen LogP contribution in [0.25, 0.3) is 0 Å². The van der Waals surface area contributed by atoms with Gasteiger partial charge in [0.2, 0.25) is 0 Å². The Labute approximate surface area is 119 Å². The normalized spacial score (nSPS) is 10.4. The molecule has 19 heavy (non-hydrogen) atoms. The van der Waals surface area contributed by atoms with Gasteiger partial charge in [-0.05, 0) is 55.2 Å². The number of nitrogens with two attached hydrogens (primary N) is 1. The molecule has 0 fully saturated rings.